The van der Waals surface area contributed by atoms with Gasteiger partial charge in [0.2, 0.25) is 0 Å². The molecule has 0 spiro atoms. The number of benzene rings is 1. The lowest BCUT2D eigenvalue weighted by Gasteiger charge is -2.16. The van der Waals surface area contributed by atoms with E-state index in [9.17, 15) is 13.9 Å². The molecule has 1 fully saturated rings. The summed E-state index contributed by atoms with van der Waals surface area (Å²) in [6, 6.07) is 8.42. The molecule has 0 saturated heterocycles. The van der Waals surface area contributed by atoms with Crippen LogP contribution in [-0.4, -0.2) is 40.5 Å². The van der Waals surface area contributed by atoms with Crippen molar-refractivity contribution >= 4 is 29.9 Å². The van der Waals surface area contributed by atoms with Gasteiger partial charge in [-0.15, -0.1) is 24.0 Å². The molecular weight excluding hydrogens is 519 g/mol. The topological polar surface area (TPSA) is 83.7 Å². The molecule has 1 heterocycles. The third kappa shape index (κ3) is 7.91. The number of ether oxygens (including phenoxy) is 1. The summed E-state index contributed by atoms with van der Waals surface area (Å²) < 4.78 is 30.8. The predicted octanol–water partition coefficient (Wildman–Crippen LogP) is 4.01. The Labute approximate surface area is 198 Å². The highest BCUT2D eigenvalue weighted by Crippen LogP contribution is 2.28. The van der Waals surface area contributed by atoms with Crippen LogP contribution in [0, 0.1) is 0 Å². The van der Waals surface area contributed by atoms with Crippen LogP contribution in [0.25, 0.3) is 0 Å². The van der Waals surface area contributed by atoms with Gasteiger partial charge in [-0.2, -0.15) is 13.9 Å². The van der Waals surface area contributed by atoms with Crippen LogP contribution < -0.4 is 15.4 Å². The van der Waals surface area contributed by atoms with Crippen LogP contribution in [0.1, 0.15) is 56.0 Å². The fourth-order valence-corrected chi connectivity index (χ4v) is 3.52. The molecule has 10 heteroatoms. The van der Waals surface area contributed by atoms with Crippen molar-refractivity contribution in [3.05, 3.63) is 47.8 Å². The SMILES string of the molecule is CCNC(=NCc1ccn(C2CCCC2)n1)NCC(O)c1ccc(OC(F)F)cc1.I. The predicted molar refractivity (Wildman–Crippen MR) is 126 cm³/mol. The minimum atomic E-state index is -2.87. The van der Waals surface area contributed by atoms with Crippen LogP contribution in [0.2, 0.25) is 0 Å². The van der Waals surface area contributed by atoms with Crippen LogP contribution in [0.4, 0.5) is 8.78 Å². The number of hydrogen-bond acceptors (Lipinski definition) is 4. The minimum absolute atomic E-state index is 0. The number of alkyl halides is 2. The molecule has 1 aliphatic rings. The molecule has 1 aromatic heterocycles. The lowest BCUT2D eigenvalue weighted by molar-refractivity contribution is -0.0498. The van der Waals surface area contributed by atoms with Crippen molar-refractivity contribution in [2.45, 2.75) is 57.9 Å². The summed E-state index contributed by atoms with van der Waals surface area (Å²) in [5.74, 6) is 0.630. The largest absolute Gasteiger partial charge is 0.435 e. The van der Waals surface area contributed by atoms with Crippen LogP contribution >= 0.6 is 24.0 Å². The van der Waals surface area contributed by atoms with Gasteiger partial charge < -0.3 is 20.5 Å². The number of aliphatic hydroxyl groups excluding tert-OH is 1. The molecule has 0 bridgehead atoms. The van der Waals surface area contributed by atoms with Gasteiger partial charge >= 0.3 is 6.61 Å². The molecule has 3 N–H and O–H groups in total. The van der Waals surface area contributed by atoms with E-state index in [-0.39, 0.29) is 36.3 Å². The summed E-state index contributed by atoms with van der Waals surface area (Å²) in [5.41, 5.74) is 1.49. The first-order valence-corrected chi connectivity index (χ1v) is 10.3. The van der Waals surface area contributed by atoms with Gasteiger partial charge in [-0.25, -0.2) is 4.99 Å². The number of halogens is 3. The Balaban J connectivity index is 0.00000341. The number of guanidine groups is 1. The van der Waals surface area contributed by atoms with Gasteiger partial charge in [-0.05, 0) is 43.5 Å². The number of hydrogen-bond donors (Lipinski definition) is 3. The van der Waals surface area contributed by atoms with Crippen molar-refractivity contribution in [2.24, 2.45) is 4.99 Å². The van der Waals surface area contributed by atoms with E-state index < -0.39 is 12.7 Å². The number of rotatable bonds is 9. The summed E-state index contributed by atoms with van der Waals surface area (Å²) in [6.45, 7) is 0.427. The Hall–Kier alpha value is -1.95. The number of aromatic nitrogens is 2. The third-order valence-electron chi connectivity index (χ3n) is 5.06. The highest BCUT2D eigenvalue weighted by Gasteiger charge is 2.17. The highest BCUT2D eigenvalue weighted by molar-refractivity contribution is 14.0. The first-order valence-electron chi connectivity index (χ1n) is 10.3. The lowest BCUT2D eigenvalue weighted by Crippen LogP contribution is -2.39. The van der Waals surface area contributed by atoms with E-state index in [0.717, 1.165) is 5.69 Å². The van der Waals surface area contributed by atoms with E-state index in [1.165, 1.54) is 37.8 Å². The number of nitrogens with zero attached hydrogens (tertiary/aromatic N) is 3. The molecule has 3 rings (SSSR count). The van der Waals surface area contributed by atoms with Crippen molar-refractivity contribution in [1.82, 2.24) is 20.4 Å². The van der Waals surface area contributed by atoms with Crippen LogP contribution in [0.3, 0.4) is 0 Å². The Morgan fingerprint density at radius 2 is 1.94 bits per heavy atom. The average molecular weight is 549 g/mol. The Morgan fingerprint density at radius 3 is 2.58 bits per heavy atom. The highest BCUT2D eigenvalue weighted by atomic mass is 127. The lowest BCUT2D eigenvalue weighted by atomic mass is 10.1. The molecule has 31 heavy (non-hydrogen) atoms. The molecule has 1 unspecified atom stereocenters. The second-order valence-electron chi connectivity index (χ2n) is 7.26. The quantitative estimate of drug-likeness (QED) is 0.250. The van der Waals surface area contributed by atoms with E-state index >= 15 is 0 Å². The van der Waals surface area contributed by atoms with Crippen molar-refractivity contribution in [3.8, 4) is 5.75 Å². The molecule has 172 valence electrons. The van der Waals surface area contributed by atoms with Crippen molar-refractivity contribution < 1.29 is 18.6 Å². The standard InChI is InChI=1S/C21H29F2N5O2.HI/c1-2-24-21(25-13-16-11-12-28(27-16)17-5-3-4-6-17)26-14-19(29)15-7-9-18(10-8-15)30-20(22)23;/h7-12,17,19-20,29H,2-6,13-14H2,1H3,(H2,24,25,26);1H. The number of nitrogens with one attached hydrogen (secondary N) is 2. The number of aliphatic imine (C=N–C) groups is 1. The summed E-state index contributed by atoms with van der Waals surface area (Å²) >= 11 is 0. The van der Waals surface area contributed by atoms with Crippen LogP contribution in [0.5, 0.6) is 5.75 Å². The Kier molecular flexibility index (Phi) is 10.4. The fraction of sp³-hybridized carbons (Fsp3) is 0.524. The van der Waals surface area contributed by atoms with Crippen molar-refractivity contribution in [2.75, 3.05) is 13.1 Å². The van der Waals surface area contributed by atoms with E-state index in [4.69, 9.17) is 0 Å². The molecule has 1 aliphatic carbocycles. The molecule has 2 aromatic rings. The molecule has 7 nitrogen and oxygen atoms in total. The van der Waals surface area contributed by atoms with Crippen molar-refractivity contribution in [3.63, 3.8) is 0 Å². The summed E-state index contributed by atoms with van der Waals surface area (Å²) in [6.07, 6.45) is 6.08. The second-order valence-corrected chi connectivity index (χ2v) is 7.26. The Morgan fingerprint density at radius 1 is 1.23 bits per heavy atom. The van der Waals surface area contributed by atoms with E-state index in [1.54, 1.807) is 12.1 Å². The van der Waals surface area contributed by atoms with Crippen LogP contribution in [-0.2, 0) is 6.54 Å². The molecular formula is C21H30F2IN5O2. The van der Waals surface area contributed by atoms with Crippen molar-refractivity contribution in [1.29, 1.82) is 0 Å². The van der Waals surface area contributed by atoms with Crippen LogP contribution in [0.15, 0.2) is 41.5 Å². The number of aliphatic hydroxyl groups is 1. The van der Waals surface area contributed by atoms with Gasteiger partial charge in [0.15, 0.2) is 5.96 Å². The zero-order valence-corrected chi connectivity index (χ0v) is 19.8. The second kappa shape index (κ2) is 12.8. The van der Waals surface area contributed by atoms with Gasteiger partial charge in [0.1, 0.15) is 5.75 Å². The zero-order valence-electron chi connectivity index (χ0n) is 17.5. The van der Waals surface area contributed by atoms with Gasteiger partial charge in [0.05, 0.1) is 24.4 Å². The maximum absolute atomic E-state index is 12.2. The van der Waals surface area contributed by atoms with Gasteiger partial charge in [0, 0.05) is 19.3 Å². The fourth-order valence-electron chi connectivity index (χ4n) is 3.52. The molecule has 0 amide bonds. The third-order valence-corrected chi connectivity index (χ3v) is 5.06. The molecule has 1 aromatic carbocycles. The summed E-state index contributed by atoms with van der Waals surface area (Å²) in [7, 11) is 0. The molecule has 0 radical (unpaired) electrons. The zero-order chi connectivity index (χ0) is 21.3. The maximum atomic E-state index is 12.2. The Bertz CT molecular complexity index is 810. The first kappa shape index (κ1) is 25.3. The molecule has 1 saturated carbocycles. The normalized spacial score (nSPS) is 15.6. The van der Waals surface area contributed by atoms with E-state index in [0.29, 0.717) is 30.7 Å². The van der Waals surface area contributed by atoms with Gasteiger partial charge in [0.25, 0.3) is 0 Å². The monoisotopic (exact) mass is 549 g/mol. The molecule has 0 aliphatic heterocycles. The van der Waals surface area contributed by atoms with E-state index in [2.05, 4.69) is 25.5 Å². The summed E-state index contributed by atoms with van der Waals surface area (Å²) in [4.78, 5) is 4.54. The smallest absolute Gasteiger partial charge is 0.387 e. The van der Waals surface area contributed by atoms with Gasteiger partial charge in [-0.3, -0.25) is 4.68 Å². The van der Waals surface area contributed by atoms with E-state index in [1.807, 2.05) is 23.9 Å². The minimum Gasteiger partial charge on any atom is -0.435 e. The first-order chi connectivity index (χ1) is 14.5. The summed E-state index contributed by atoms with van der Waals surface area (Å²) in [5, 5.41) is 21.2. The van der Waals surface area contributed by atoms with Gasteiger partial charge in [-0.1, -0.05) is 25.0 Å². The molecule has 1 atom stereocenters. The average Bonchev–Trinajstić information content (AvgIpc) is 3.41. The maximum Gasteiger partial charge on any atom is 0.387 e.